The number of benzene rings is 1. The lowest BCUT2D eigenvalue weighted by Gasteiger charge is -2.28. The molecule has 1 aromatic heterocycles. The second kappa shape index (κ2) is 9.65. The summed E-state index contributed by atoms with van der Waals surface area (Å²) in [5.41, 5.74) is 2.21. The summed E-state index contributed by atoms with van der Waals surface area (Å²) in [5, 5.41) is 10.5. The van der Waals surface area contributed by atoms with E-state index in [1.54, 1.807) is 7.11 Å². The van der Waals surface area contributed by atoms with E-state index in [2.05, 4.69) is 33.9 Å². The predicted molar refractivity (Wildman–Crippen MR) is 113 cm³/mol. The molecule has 1 N–H and O–H groups in total. The summed E-state index contributed by atoms with van der Waals surface area (Å²) < 4.78 is 19.2. The van der Waals surface area contributed by atoms with Gasteiger partial charge in [0.2, 0.25) is 0 Å². The van der Waals surface area contributed by atoms with Crippen LogP contribution in [-0.4, -0.2) is 66.7 Å². The Kier molecular flexibility index (Phi) is 6.74. The van der Waals surface area contributed by atoms with Gasteiger partial charge in [0.1, 0.15) is 0 Å². The molecule has 0 spiro atoms. The van der Waals surface area contributed by atoms with Crippen molar-refractivity contribution in [3.63, 3.8) is 0 Å². The van der Waals surface area contributed by atoms with Crippen LogP contribution in [0.15, 0.2) is 36.7 Å². The van der Waals surface area contributed by atoms with E-state index in [0.29, 0.717) is 19.2 Å². The number of aromatic nitrogens is 1. The summed E-state index contributed by atoms with van der Waals surface area (Å²) >= 11 is 0. The van der Waals surface area contributed by atoms with Gasteiger partial charge in [0.15, 0.2) is 11.5 Å². The maximum Gasteiger partial charge on any atom is 0.162 e. The highest BCUT2D eigenvalue weighted by Crippen LogP contribution is 2.35. The molecule has 1 saturated carbocycles. The molecule has 158 valence electrons. The van der Waals surface area contributed by atoms with Gasteiger partial charge in [-0.15, -0.1) is 0 Å². The molecular weight excluding hydrogens is 368 g/mol. The fraction of sp³-hybridized carbons (Fsp3) is 0.565. The number of hydrogen-bond acceptors (Lipinski definition) is 5. The fourth-order valence-corrected chi connectivity index (χ4v) is 4.24. The molecule has 2 aromatic rings. The summed E-state index contributed by atoms with van der Waals surface area (Å²) in [5.74, 6) is 1.60. The fourth-order valence-electron chi connectivity index (χ4n) is 4.24. The largest absolute Gasteiger partial charge is 0.493 e. The first-order valence-electron chi connectivity index (χ1n) is 10.7. The number of aliphatic hydroxyl groups excluding tert-OH is 1. The first kappa shape index (κ1) is 20.3. The molecular formula is C23H32N2O4. The molecule has 1 saturated heterocycles. The molecule has 1 aromatic carbocycles. The molecule has 29 heavy (non-hydrogen) atoms. The van der Waals surface area contributed by atoms with Crippen molar-refractivity contribution in [3.8, 4) is 22.6 Å². The molecule has 1 aliphatic carbocycles. The Hall–Kier alpha value is -2.02. The van der Waals surface area contributed by atoms with Crippen molar-refractivity contribution in [2.45, 2.75) is 44.4 Å². The van der Waals surface area contributed by atoms with Gasteiger partial charge in [0.05, 0.1) is 32.5 Å². The van der Waals surface area contributed by atoms with Crippen LogP contribution in [0.4, 0.5) is 0 Å². The van der Waals surface area contributed by atoms with Gasteiger partial charge in [-0.3, -0.25) is 4.90 Å². The number of hydrogen-bond donors (Lipinski definition) is 1. The van der Waals surface area contributed by atoms with Crippen LogP contribution in [0.2, 0.25) is 0 Å². The van der Waals surface area contributed by atoms with E-state index < -0.39 is 6.10 Å². The van der Waals surface area contributed by atoms with Gasteiger partial charge in [-0.25, -0.2) is 0 Å². The first-order valence-corrected chi connectivity index (χ1v) is 10.7. The van der Waals surface area contributed by atoms with Gasteiger partial charge < -0.3 is 23.9 Å². The smallest absolute Gasteiger partial charge is 0.162 e. The molecule has 1 unspecified atom stereocenters. The molecule has 0 bridgehead atoms. The monoisotopic (exact) mass is 400 g/mol. The molecule has 0 amide bonds. The zero-order valence-corrected chi connectivity index (χ0v) is 17.3. The summed E-state index contributed by atoms with van der Waals surface area (Å²) in [7, 11) is 1.68. The summed E-state index contributed by atoms with van der Waals surface area (Å²) in [6, 6.07) is 8.19. The van der Waals surface area contributed by atoms with Crippen molar-refractivity contribution < 1.29 is 19.3 Å². The van der Waals surface area contributed by atoms with Crippen LogP contribution in [-0.2, 0) is 11.3 Å². The third-order valence-electron chi connectivity index (χ3n) is 5.84. The summed E-state index contributed by atoms with van der Waals surface area (Å²) in [6.45, 7) is 4.55. The first-order chi connectivity index (χ1) is 14.2. The highest BCUT2D eigenvalue weighted by Gasteiger charge is 2.19. The third-order valence-corrected chi connectivity index (χ3v) is 5.84. The summed E-state index contributed by atoms with van der Waals surface area (Å²) in [6.07, 6.45) is 8.72. The Balaban J connectivity index is 1.41. The van der Waals surface area contributed by atoms with Gasteiger partial charge in [-0.2, -0.15) is 0 Å². The van der Waals surface area contributed by atoms with E-state index in [-0.39, 0.29) is 0 Å². The van der Waals surface area contributed by atoms with E-state index >= 15 is 0 Å². The van der Waals surface area contributed by atoms with Crippen LogP contribution in [0.1, 0.15) is 25.7 Å². The molecule has 1 aliphatic heterocycles. The van der Waals surface area contributed by atoms with Crippen LogP contribution < -0.4 is 9.47 Å². The minimum absolute atomic E-state index is 0.291. The lowest BCUT2D eigenvalue weighted by molar-refractivity contribution is 0.0115. The van der Waals surface area contributed by atoms with Crippen LogP contribution in [0.25, 0.3) is 11.1 Å². The molecule has 2 heterocycles. The molecule has 6 heteroatoms. The van der Waals surface area contributed by atoms with Crippen molar-refractivity contribution in [3.05, 3.63) is 36.7 Å². The number of nitrogens with zero attached hydrogens (tertiary/aromatic N) is 2. The Labute approximate surface area is 173 Å². The Bertz CT molecular complexity index is 779. The van der Waals surface area contributed by atoms with Gasteiger partial charge in [-0.1, -0.05) is 6.07 Å². The number of aliphatic hydroxyl groups is 1. The zero-order chi connectivity index (χ0) is 20.1. The van der Waals surface area contributed by atoms with E-state index in [0.717, 1.165) is 61.8 Å². The maximum atomic E-state index is 10.5. The summed E-state index contributed by atoms with van der Waals surface area (Å²) in [4.78, 5) is 2.26. The van der Waals surface area contributed by atoms with Gasteiger partial charge in [-0.05, 0) is 55.0 Å². The number of methoxy groups -OCH3 is 1. The topological polar surface area (TPSA) is 56.1 Å². The van der Waals surface area contributed by atoms with E-state index in [1.807, 2.05) is 12.3 Å². The number of morpholine rings is 1. The normalized spacial score (nSPS) is 19.4. The van der Waals surface area contributed by atoms with Crippen LogP contribution in [0.3, 0.4) is 0 Å². The lowest BCUT2D eigenvalue weighted by atomic mass is 10.1. The molecule has 2 fully saturated rings. The van der Waals surface area contributed by atoms with Crippen molar-refractivity contribution in [1.29, 1.82) is 0 Å². The Morgan fingerprint density at radius 2 is 1.86 bits per heavy atom. The SMILES string of the molecule is COc1ccc(-c2ccn(CC(O)CN3CCOCC3)c2)cc1OC1CCCC1. The highest BCUT2D eigenvalue weighted by molar-refractivity contribution is 5.66. The third kappa shape index (κ3) is 5.32. The van der Waals surface area contributed by atoms with Gasteiger partial charge >= 0.3 is 0 Å². The van der Waals surface area contributed by atoms with Gasteiger partial charge in [0.25, 0.3) is 0 Å². The Morgan fingerprint density at radius 3 is 2.62 bits per heavy atom. The average molecular weight is 401 g/mol. The standard InChI is InChI=1S/C23H32N2O4/c1-27-22-7-6-18(14-23(22)29-21-4-2-3-5-21)19-8-9-25(15-19)17-20(26)16-24-10-12-28-13-11-24/h6-9,14-15,20-21,26H,2-5,10-13,16-17H2,1H3. The van der Waals surface area contributed by atoms with Crippen LogP contribution >= 0.6 is 0 Å². The van der Waals surface area contributed by atoms with E-state index in [9.17, 15) is 5.11 Å². The molecule has 2 aliphatic rings. The molecule has 1 atom stereocenters. The molecule has 6 nitrogen and oxygen atoms in total. The number of rotatable bonds is 8. The van der Waals surface area contributed by atoms with Crippen LogP contribution in [0, 0.1) is 0 Å². The second-order valence-corrected chi connectivity index (χ2v) is 8.05. The predicted octanol–water partition coefficient (Wildman–Crippen LogP) is 3.18. The van der Waals surface area contributed by atoms with Crippen molar-refractivity contribution in [2.24, 2.45) is 0 Å². The van der Waals surface area contributed by atoms with E-state index in [4.69, 9.17) is 14.2 Å². The minimum Gasteiger partial charge on any atom is -0.493 e. The lowest BCUT2D eigenvalue weighted by Crippen LogP contribution is -2.41. The quantitative estimate of drug-likeness (QED) is 0.738. The van der Waals surface area contributed by atoms with Crippen molar-refractivity contribution in [1.82, 2.24) is 9.47 Å². The van der Waals surface area contributed by atoms with Crippen molar-refractivity contribution in [2.75, 3.05) is 40.0 Å². The van der Waals surface area contributed by atoms with Crippen LogP contribution in [0.5, 0.6) is 11.5 Å². The van der Waals surface area contributed by atoms with Crippen molar-refractivity contribution >= 4 is 0 Å². The Morgan fingerprint density at radius 1 is 1.07 bits per heavy atom. The minimum atomic E-state index is -0.398. The highest BCUT2D eigenvalue weighted by atomic mass is 16.5. The second-order valence-electron chi connectivity index (χ2n) is 8.05. The molecule has 4 rings (SSSR count). The number of ether oxygens (including phenoxy) is 3. The number of β-amino-alcohol motifs (C(OH)–C–C–N with tert-alkyl or cyclic N) is 1. The maximum absolute atomic E-state index is 10.5. The van der Waals surface area contributed by atoms with Gasteiger partial charge in [0, 0.05) is 38.6 Å². The molecule has 0 radical (unpaired) electrons. The van der Waals surface area contributed by atoms with E-state index in [1.165, 1.54) is 12.8 Å². The zero-order valence-electron chi connectivity index (χ0n) is 17.3. The average Bonchev–Trinajstić information content (AvgIpc) is 3.41.